The summed E-state index contributed by atoms with van der Waals surface area (Å²) in [4.78, 5) is 67.0. The summed E-state index contributed by atoms with van der Waals surface area (Å²) in [5.41, 5.74) is 2.07. The van der Waals surface area contributed by atoms with Gasteiger partial charge < -0.3 is 0 Å². The van der Waals surface area contributed by atoms with E-state index >= 15 is 0 Å². The number of rotatable bonds is 4. The number of carbonyl (C=O) groups is 4. The summed E-state index contributed by atoms with van der Waals surface area (Å²) in [6.07, 6.45) is 3.39. The third-order valence-electron chi connectivity index (χ3n) is 6.03. The molecule has 1 unspecified atom stereocenters. The van der Waals surface area contributed by atoms with Gasteiger partial charge in [-0.05, 0) is 18.6 Å². The first-order valence-corrected chi connectivity index (χ1v) is 10.7. The van der Waals surface area contributed by atoms with E-state index in [9.17, 15) is 24.0 Å². The molecule has 1 saturated heterocycles. The number of hydrogen-bond acceptors (Lipinski definition) is 8. The largest absolute Gasteiger partial charge is 0.297 e. The molecule has 0 spiro atoms. The van der Waals surface area contributed by atoms with Crippen molar-refractivity contribution in [2.24, 2.45) is 0 Å². The molecule has 6 rings (SSSR count). The molecular formula is C22H16N8O5. The summed E-state index contributed by atoms with van der Waals surface area (Å²) >= 11 is 0. The molecule has 1 fully saturated rings. The lowest BCUT2D eigenvalue weighted by Gasteiger charge is -2.27. The van der Waals surface area contributed by atoms with E-state index in [1.165, 1.54) is 27.4 Å². The molecule has 2 aliphatic rings. The maximum atomic E-state index is 13.0. The lowest BCUT2D eigenvalue weighted by molar-refractivity contribution is -0.136. The minimum atomic E-state index is -1.03. The zero-order chi connectivity index (χ0) is 24.3. The summed E-state index contributed by atoms with van der Waals surface area (Å²) in [5.74, 6) is -2.27. The highest BCUT2D eigenvalue weighted by atomic mass is 16.2. The minimum absolute atomic E-state index is 0.0522. The Bertz CT molecular complexity index is 1630. The number of nitrogens with one attached hydrogen (secondary N) is 2. The molecule has 4 aromatic rings. The van der Waals surface area contributed by atoms with E-state index in [1.807, 2.05) is 0 Å². The normalized spacial score (nSPS) is 17.8. The molecule has 2 aliphatic heterocycles. The first-order chi connectivity index (χ1) is 16.9. The summed E-state index contributed by atoms with van der Waals surface area (Å²) in [6, 6.07) is 6.73. The second-order valence-electron chi connectivity index (χ2n) is 8.25. The predicted octanol–water partition coefficient (Wildman–Crippen LogP) is -0.269. The number of aromatic nitrogens is 6. The Hall–Kier alpha value is -4.94. The number of benzene rings is 1. The summed E-state index contributed by atoms with van der Waals surface area (Å²) < 4.78 is 2.83. The smallest absolute Gasteiger partial charge is 0.272 e. The highest BCUT2D eigenvalue weighted by Crippen LogP contribution is 2.30. The summed E-state index contributed by atoms with van der Waals surface area (Å²) in [5, 5.41) is 13.2. The Morgan fingerprint density at radius 2 is 1.83 bits per heavy atom. The van der Waals surface area contributed by atoms with Crippen molar-refractivity contribution in [3.05, 3.63) is 69.9 Å². The SMILES string of the molecule is O=C1CCC(N2C(=O)c3ccc(-c4cn(Cc5cc(=O)n6[nH]ccc6n5)nn4)cc3C2=O)C(=O)N1. The number of H-pyrrole nitrogens is 1. The van der Waals surface area contributed by atoms with Crippen molar-refractivity contribution in [1.29, 1.82) is 0 Å². The molecule has 5 heterocycles. The van der Waals surface area contributed by atoms with Crippen LogP contribution in [-0.4, -0.2) is 64.2 Å². The Morgan fingerprint density at radius 3 is 2.66 bits per heavy atom. The third kappa shape index (κ3) is 3.32. The van der Waals surface area contributed by atoms with Gasteiger partial charge in [0.2, 0.25) is 11.8 Å². The molecule has 1 aromatic carbocycles. The van der Waals surface area contributed by atoms with Crippen molar-refractivity contribution >= 4 is 29.3 Å². The molecule has 1 atom stereocenters. The fourth-order valence-electron chi connectivity index (χ4n) is 4.36. The number of hydrogen-bond donors (Lipinski definition) is 2. The van der Waals surface area contributed by atoms with Gasteiger partial charge in [-0.2, -0.15) is 0 Å². The van der Waals surface area contributed by atoms with Crippen LogP contribution in [-0.2, 0) is 16.1 Å². The number of fused-ring (bicyclic) bond motifs is 2. The molecule has 0 aliphatic carbocycles. The van der Waals surface area contributed by atoms with Crippen LogP contribution in [0, 0.1) is 0 Å². The topological polar surface area (TPSA) is 164 Å². The second-order valence-corrected chi connectivity index (χ2v) is 8.25. The van der Waals surface area contributed by atoms with Crippen molar-refractivity contribution in [1.82, 2.24) is 39.8 Å². The first-order valence-electron chi connectivity index (χ1n) is 10.7. The van der Waals surface area contributed by atoms with Crippen LogP contribution in [0.15, 0.2) is 47.5 Å². The maximum Gasteiger partial charge on any atom is 0.272 e. The van der Waals surface area contributed by atoms with Crippen molar-refractivity contribution in [3.8, 4) is 11.3 Å². The van der Waals surface area contributed by atoms with Crippen LogP contribution in [0.1, 0.15) is 39.3 Å². The average Bonchev–Trinajstić information content (AvgIpc) is 3.54. The van der Waals surface area contributed by atoms with Crippen molar-refractivity contribution in [3.63, 3.8) is 0 Å². The van der Waals surface area contributed by atoms with Gasteiger partial charge >= 0.3 is 0 Å². The summed E-state index contributed by atoms with van der Waals surface area (Å²) in [6.45, 7) is 0.204. The zero-order valence-electron chi connectivity index (χ0n) is 18.0. The van der Waals surface area contributed by atoms with E-state index in [-0.39, 0.29) is 36.1 Å². The molecule has 3 aromatic heterocycles. The zero-order valence-corrected chi connectivity index (χ0v) is 18.0. The van der Waals surface area contributed by atoms with Gasteiger partial charge in [-0.15, -0.1) is 5.10 Å². The van der Waals surface area contributed by atoms with Crippen LogP contribution in [0.2, 0.25) is 0 Å². The molecule has 13 heteroatoms. The Balaban J connectivity index is 1.26. The molecule has 13 nitrogen and oxygen atoms in total. The van der Waals surface area contributed by atoms with Gasteiger partial charge in [-0.25, -0.2) is 14.2 Å². The van der Waals surface area contributed by atoms with E-state index in [2.05, 4.69) is 25.7 Å². The number of amides is 4. The maximum absolute atomic E-state index is 13.0. The fourth-order valence-corrected chi connectivity index (χ4v) is 4.36. The van der Waals surface area contributed by atoms with Gasteiger partial charge in [0.1, 0.15) is 11.7 Å². The molecular weight excluding hydrogens is 456 g/mol. The quantitative estimate of drug-likeness (QED) is 0.383. The molecule has 0 bridgehead atoms. The number of aromatic amines is 1. The fraction of sp³-hybridized carbons (Fsp3) is 0.182. The number of imide groups is 2. The highest BCUT2D eigenvalue weighted by Gasteiger charge is 2.44. The monoisotopic (exact) mass is 472 g/mol. The van der Waals surface area contributed by atoms with E-state index in [0.29, 0.717) is 22.6 Å². The Morgan fingerprint density at radius 1 is 1.00 bits per heavy atom. The van der Waals surface area contributed by atoms with E-state index in [1.54, 1.807) is 24.5 Å². The van der Waals surface area contributed by atoms with Crippen LogP contribution < -0.4 is 10.9 Å². The molecule has 2 N–H and O–H groups in total. The van der Waals surface area contributed by atoms with Gasteiger partial charge in [0.25, 0.3) is 17.4 Å². The standard InChI is InChI=1S/C22H16N8O5/c31-18-4-3-16(20(33)25-18)29-21(34)13-2-1-11(7-14(13)22(29)35)15-10-28(27-26-15)9-12-8-19(32)30-17(24-12)5-6-23-30/h1-2,5-8,10,16,23H,3-4,9H2,(H,25,31,33). The van der Waals surface area contributed by atoms with E-state index in [4.69, 9.17) is 0 Å². The summed E-state index contributed by atoms with van der Waals surface area (Å²) in [7, 11) is 0. The molecule has 4 amide bonds. The van der Waals surface area contributed by atoms with Crippen LogP contribution in [0.25, 0.3) is 16.9 Å². The molecule has 35 heavy (non-hydrogen) atoms. The van der Waals surface area contributed by atoms with Gasteiger partial charge in [-0.3, -0.25) is 39.3 Å². The minimum Gasteiger partial charge on any atom is -0.297 e. The van der Waals surface area contributed by atoms with Crippen LogP contribution >= 0.6 is 0 Å². The van der Waals surface area contributed by atoms with Gasteiger partial charge in [-0.1, -0.05) is 11.3 Å². The van der Waals surface area contributed by atoms with Gasteiger partial charge in [0.15, 0.2) is 5.65 Å². The lowest BCUT2D eigenvalue weighted by Crippen LogP contribution is -2.54. The van der Waals surface area contributed by atoms with E-state index < -0.39 is 29.7 Å². The molecule has 0 radical (unpaired) electrons. The van der Waals surface area contributed by atoms with Gasteiger partial charge in [0.05, 0.1) is 29.6 Å². The number of piperidine rings is 1. The Kier molecular flexibility index (Phi) is 4.45. The highest BCUT2D eigenvalue weighted by molar-refractivity contribution is 6.23. The molecule has 174 valence electrons. The van der Waals surface area contributed by atoms with Crippen molar-refractivity contribution in [2.75, 3.05) is 0 Å². The van der Waals surface area contributed by atoms with Crippen molar-refractivity contribution < 1.29 is 19.2 Å². The number of nitrogens with zero attached hydrogens (tertiary/aromatic N) is 6. The third-order valence-corrected chi connectivity index (χ3v) is 6.03. The van der Waals surface area contributed by atoms with Crippen LogP contribution in [0.5, 0.6) is 0 Å². The van der Waals surface area contributed by atoms with Crippen molar-refractivity contribution in [2.45, 2.75) is 25.4 Å². The first kappa shape index (κ1) is 20.7. The molecule has 0 saturated carbocycles. The van der Waals surface area contributed by atoms with Crippen LogP contribution in [0.3, 0.4) is 0 Å². The average molecular weight is 472 g/mol. The second kappa shape index (κ2) is 7.55. The Labute approximate surface area is 195 Å². The van der Waals surface area contributed by atoms with Gasteiger partial charge in [0, 0.05) is 30.3 Å². The predicted molar refractivity (Wildman–Crippen MR) is 117 cm³/mol. The number of carbonyl (C=O) groups excluding carboxylic acids is 4. The lowest BCUT2D eigenvalue weighted by atomic mass is 10.0. The van der Waals surface area contributed by atoms with Crippen LogP contribution in [0.4, 0.5) is 0 Å². The van der Waals surface area contributed by atoms with E-state index in [0.717, 1.165) is 4.90 Å².